The molecule has 120 valence electrons. The predicted molar refractivity (Wildman–Crippen MR) is 102 cm³/mol. The van der Waals surface area contributed by atoms with Crippen LogP contribution in [0.3, 0.4) is 0 Å². The molecule has 0 spiro atoms. The van der Waals surface area contributed by atoms with Crippen molar-refractivity contribution in [3.05, 3.63) is 89.5 Å². The monoisotopic (exact) mass is 323 g/mol. The van der Waals surface area contributed by atoms with Gasteiger partial charge in [0, 0.05) is 5.39 Å². The molecule has 4 aromatic rings. The summed E-state index contributed by atoms with van der Waals surface area (Å²) in [6.45, 7) is 0. The molecular formula is C23H17NO. The van der Waals surface area contributed by atoms with Gasteiger partial charge in [0.15, 0.2) is 0 Å². The normalized spacial score (nSPS) is 10.7. The highest BCUT2D eigenvalue weighted by Crippen LogP contribution is 2.34. The molecule has 2 nitrogen and oxygen atoms in total. The SMILES string of the molecule is COc1cccc(Cc2c(C#N)c3ccccc3c3ccccc23)c1. The van der Waals surface area contributed by atoms with Gasteiger partial charge in [-0.15, -0.1) is 0 Å². The maximum atomic E-state index is 9.88. The Kier molecular flexibility index (Phi) is 3.84. The summed E-state index contributed by atoms with van der Waals surface area (Å²) in [7, 11) is 1.67. The van der Waals surface area contributed by atoms with Crippen molar-refractivity contribution in [2.45, 2.75) is 6.42 Å². The lowest BCUT2D eigenvalue weighted by molar-refractivity contribution is 0.414. The average Bonchev–Trinajstić information content (AvgIpc) is 2.68. The van der Waals surface area contributed by atoms with Crippen LogP contribution in [-0.2, 0) is 6.42 Å². The largest absolute Gasteiger partial charge is 0.497 e. The first kappa shape index (κ1) is 15.2. The van der Waals surface area contributed by atoms with Gasteiger partial charge in [0.05, 0.1) is 12.7 Å². The van der Waals surface area contributed by atoms with Gasteiger partial charge in [-0.25, -0.2) is 0 Å². The van der Waals surface area contributed by atoms with E-state index in [0.717, 1.165) is 38.6 Å². The zero-order valence-electron chi connectivity index (χ0n) is 14.0. The molecule has 0 N–H and O–H groups in total. The van der Waals surface area contributed by atoms with Crippen LogP contribution in [0, 0.1) is 11.3 Å². The number of ether oxygens (including phenoxy) is 1. The van der Waals surface area contributed by atoms with Crippen molar-refractivity contribution in [2.24, 2.45) is 0 Å². The number of benzene rings is 4. The van der Waals surface area contributed by atoms with Gasteiger partial charge in [-0.2, -0.15) is 5.26 Å². The quantitative estimate of drug-likeness (QED) is 0.469. The molecule has 4 aromatic carbocycles. The first-order chi connectivity index (χ1) is 12.3. The highest BCUT2D eigenvalue weighted by molar-refractivity contribution is 6.11. The number of rotatable bonds is 3. The van der Waals surface area contributed by atoms with E-state index in [0.29, 0.717) is 6.42 Å². The Hall–Kier alpha value is -3.31. The smallest absolute Gasteiger partial charge is 0.119 e. The van der Waals surface area contributed by atoms with Crippen molar-refractivity contribution in [2.75, 3.05) is 7.11 Å². The minimum Gasteiger partial charge on any atom is -0.497 e. The molecule has 0 aliphatic rings. The predicted octanol–water partition coefficient (Wildman–Crippen LogP) is 5.46. The number of fused-ring (bicyclic) bond motifs is 3. The van der Waals surface area contributed by atoms with Gasteiger partial charge in [-0.05, 0) is 45.8 Å². The van der Waals surface area contributed by atoms with Gasteiger partial charge in [-0.3, -0.25) is 0 Å². The Morgan fingerprint density at radius 3 is 2.12 bits per heavy atom. The zero-order chi connectivity index (χ0) is 17.2. The molecule has 0 heterocycles. The van der Waals surface area contributed by atoms with Crippen molar-refractivity contribution < 1.29 is 4.74 Å². The second kappa shape index (κ2) is 6.30. The Morgan fingerprint density at radius 2 is 1.44 bits per heavy atom. The van der Waals surface area contributed by atoms with E-state index in [1.807, 2.05) is 42.5 Å². The van der Waals surface area contributed by atoms with E-state index in [1.165, 1.54) is 5.39 Å². The van der Waals surface area contributed by atoms with Crippen molar-refractivity contribution in [3.63, 3.8) is 0 Å². The third kappa shape index (κ3) is 2.60. The van der Waals surface area contributed by atoms with Crippen LogP contribution in [0.4, 0.5) is 0 Å². The van der Waals surface area contributed by atoms with Crippen LogP contribution in [-0.4, -0.2) is 7.11 Å². The second-order valence-electron chi connectivity index (χ2n) is 6.08. The summed E-state index contributed by atoms with van der Waals surface area (Å²) < 4.78 is 5.34. The minimum atomic E-state index is 0.700. The summed E-state index contributed by atoms with van der Waals surface area (Å²) in [6, 6.07) is 27.0. The van der Waals surface area contributed by atoms with Crippen LogP contribution < -0.4 is 4.74 Å². The number of nitriles is 1. The Morgan fingerprint density at radius 1 is 0.800 bits per heavy atom. The Balaban J connectivity index is 2.02. The van der Waals surface area contributed by atoms with Crippen LogP contribution in [0.1, 0.15) is 16.7 Å². The van der Waals surface area contributed by atoms with Gasteiger partial charge in [0.2, 0.25) is 0 Å². The van der Waals surface area contributed by atoms with Gasteiger partial charge < -0.3 is 4.74 Å². The summed E-state index contributed by atoms with van der Waals surface area (Å²) in [5.41, 5.74) is 2.97. The van der Waals surface area contributed by atoms with Crippen molar-refractivity contribution in [3.8, 4) is 11.8 Å². The van der Waals surface area contributed by atoms with E-state index < -0.39 is 0 Å². The van der Waals surface area contributed by atoms with Gasteiger partial charge in [0.1, 0.15) is 11.8 Å². The fraction of sp³-hybridized carbons (Fsp3) is 0.0870. The van der Waals surface area contributed by atoms with Crippen LogP contribution in [0.15, 0.2) is 72.8 Å². The molecule has 0 aliphatic carbocycles. The number of nitrogens with zero attached hydrogens (tertiary/aromatic N) is 1. The van der Waals surface area contributed by atoms with Crippen LogP contribution in [0.5, 0.6) is 5.75 Å². The fourth-order valence-electron chi connectivity index (χ4n) is 3.51. The highest BCUT2D eigenvalue weighted by Gasteiger charge is 2.14. The van der Waals surface area contributed by atoms with E-state index in [1.54, 1.807) is 7.11 Å². The average molecular weight is 323 g/mol. The first-order valence-electron chi connectivity index (χ1n) is 8.27. The first-order valence-corrected chi connectivity index (χ1v) is 8.27. The molecule has 2 heteroatoms. The Labute approximate surface area is 146 Å². The number of methoxy groups -OCH3 is 1. The molecule has 0 fully saturated rings. The summed E-state index contributed by atoms with van der Waals surface area (Å²) in [5, 5.41) is 14.4. The molecule has 25 heavy (non-hydrogen) atoms. The third-order valence-corrected chi connectivity index (χ3v) is 4.67. The molecule has 0 saturated heterocycles. The molecular weight excluding hydrogens is 306 g/mol. The molecule has 0 atom stereocenters. The fourth-order valence-corrected chi connectivity index (χ4v) is 3.51. The van der Waals surface area contributed by atoms with Crippen molar-refractivity contribution in [1.29, 1.82) is 5.26 Å². The van der Waals surface area contributed by atoms with Gasteiger partial charge in [0.25, 0.3) is 0 Å². The third-order valence-electron chi connectivity index (χ3n) is 4.67. The molecule has 0 amide bonds. The van der Waals surface area contributed by atoms with Crippen molar-refractivity contribution >= 4 is 21.5 Å². The summed E-state index contributed by atoms with van der Waals surface area (Å²) in [6.07, 6.45) is 0.700. The lowest BCUT2D eigenvalue weighted by atomic mass is 9.89. The van der Waals surface area contributed by atoms with Gasteiger partial charge >= 0.3 is 0 Å². The summed E-state index contributed by atoms with van der Waals surface area (Å²) >= 11 is 0. The second-order valence-corrected chi connectivity index (χ2v) is 6.08. The van der Waals surface area contributed by atoms with Gasteiger partial charge in [-0.1, -0.05) is 60.7 Å². The van der Waals surface area contributed by atoms with E-state index in [-0.39, 0.29) is 0 Å². The van der Waals surface area contributed by atoms with Crippen LogP contribution in [0.25, 0.3) is 21.5 Å². The zero-order valence-corrected chi connectivity index (χ0v) is 14.0. The molecule has 0 saturated carbocycles. The standard InChI is InChI=1S/C23H17NO/c1-25-17-8-6-7-16(13-17)14-22-20-11-4-2-9-18(20)19-10-3-5-12-21(19)23(22)15-24/h2-13H,14H2,1H3. The van der Waals surface area contributed by atoms with E-state index >= 15 is 0 Å². The summed E-state index contributed by atoms with van der Waals surface area (Å²) in [5.74, 6) is 0.834. The maximum absolute atomic E-state index is 9.88. The van der Waals surface area contributed by atoms with E-state index in [4.69, 9.17) is 4.74 Å². The minimum absolute atomic E-state index is 0.700. The summed E-state index contributed by atoms with van der Waals surface area (Å²) in [4.78, 5) is 0. The molecule has 0 unspecified atom stereocenters. The topological polar surface area (TPSA) is 33.0 Å². The van der Waals surface area contributed by atoms with Crippen molar-refractivity contribution in [1.82, 2.24) is 0 Å². The number of hydrogen-bond acceptors (Lipinski definition) is 2. The molecule has 4 rings (SSSR count). The molecule has 0 radical (unpaired) electrons. The molecule has 0 bridgehead atoms. The van der Waals surface area contributed by atoms with E-state index in [2.05, 4.69) is 36.4 Å². The lowest BCUT2D eigenvalue weighted by Gasteiger charge is -2.14. The number of hydrogen-bond donors (Lipinski definition) is 0. The van der Waals surface area contributed by atoms with Crippen LogP contribution in [0.2, 0.25) is 0 Å². The van der Waals surface area contributed by atoms with Crippen LogP contribution >= 0.6 is 0 Å². The highest BCUT2D eigenvalue weighted by atomic mass is 16.5. The Bertz CT molecular complexity index is 1120. The lowest BCUT2D eigenvalue weighted by Crippen LogP contribution is -1.97. The molecule has 0 aromatic heterocycles. The maximum Gasteiger partial charge on any atom is 0.119 e. The van der Waals surface area contributed by atoms with E-state index in [9.17, 15) is 5.26 Å². The molecule has 0 aliphatic heterocycles.